The Bertz CT molecular complexity index is 946. The number of benzene rings is 1. The fourth-order valence-electron chi connectivity index (χ4n) is 4.63. The van der Waals surface area contributed by atoms with Crippen molar-refractivity contribution in [2.45, 2.75) is 25.7 Å². The van der Waals surface area contributed by atoms with Gasteiger partial charge in [0.25, 0.3) is 0 Å². The van der Waals surface area contributed by atoms with Crippen LogP contribution in [0.3, 0.4) is 0 Å². The van der Waals surface area contributed by atoms with Crippen LogP contribution in [0, 0.1) is 62.6 Å². The summed E-state index contributed by atoms with van der Waals surface area (Å²) >= 11 is 0. The number of hydrogen-bond donors (Lipinski definition) is 1. The van der Waals surface area contributed by atoms with Crippen LogP contribution in [0.4, 0.5) is 0 Å². The summed E-state index contributed by atoms with van der Waals surface area (Å²) in [5.41, 5.74) is -0.372. The zero-order chi connectivity index (χ0) is 20.5. The van der Waals surface area contributed by atoms with Crippen LogP contribution in [0.1, 0.15) is 31.2 Å². The average Bonchev–Trinajstić information content (AvgIpc) is 2.72. The molecule has 0 saturated heterocycles. The molecule has 1 saturated carbocycles. The maximum atomic E-state index is 10.1. The van der Waals surface area contributed by atoms with Crippen molar-refractivity contribution < 1.29 is 9.47 Å². The highest BCUT2D eigenvalue weighted by molar-refractivity contribution is 6.01. The topological polar surface area (TPSA) is 114 Å². The molecule has 1 unspecified atom stereocenters. The second-order valence-corrected chi connectivity index (χ2v) is 7.48. The quantitative estimate of drug-likeness (QED) is 0.804. The number of allylic oxidation sites excluding steroid dienone is 2. The minimum absolute atomic E-state index is 0.146. The van der Waals surface area contributed by atoms with Gasteiger partial charge >= 0.3 is 0 Å². The molecule has 6 nitrogen and oxygen atoms in total. The van der Waals surface area contributed by atoms with E-state index >= 15 is 0 Å². The van der Waals surface area contributed by atoms with E-state index in [1.54, 1.807) is 25.3 Å². The van der Waals surface area contributed by atoms with Crippen LogP contribution in [0.15, 0.2) is 29.8 Å². The molecule has 1 fully saturated rings. The lowest BCUT2D eigenvalue weighted by molar-refractivity contribution is 0.275. The van der Waals surface area contributed by atoms with E-state index in [1.807, 2.05) is 6.08 Å². The first-order chi connectivity index (χ1) is 13.5. The number of fused-ring (bicyclic) bond motifs is 1. The second-order valence-electron chi connectivity index (χ2n) is 7.48. The highest BCUT2D eigenvalue weighted by Crippen LogP contribution is 2.57. The van der Waals surface area contributed by atoms with Crippen molar-refractivity contribution in [3.63, 3.8) is 0 Å². The number of nitrogens with one attached hydrogen (secondary N) is 1. The van der Waals surface area contributed by atoms with E-state index in [0.29, 0.717) is 23.0 Å². The van der Waals surface area contributed by atoms with E-state index in [9.17, 15) is 15.8 Å². The number of nitrogens with zero attached hydrogens (tertiary/aromatic N) is 3. The van der Waals surface area contributed by atoms with Gasteiger partial charge in [-0.25, -0.2) is 0 Å². The minimum Gasteiger partial charge on any atom is -0.497 e. The Morgan fingerprint density at radius 1 is 1.14 bits per heavy atom. The maximum absolute atomic E-state index is 10.1. The third-order valence-corrected chi connectivity index (χ3v) is 6.01. The molecule has 0 amide bonds. The molecule has 142 valence electrons. The molecule has 0 bridgehead atoms. The Labute approximate surface area is 165 Å². The Kier molecular flexibility index (Phi) is 5.12. The van der Waals surface area contributed by atoms with Gasteiger partial charge in [0, 0.05) is 11.5 Å². The van der Waals surface area contributed by atoms with Gasteiger partial charge in [-0.15, -0.1) is 0 Å². The molecule has 1 N–H and O–H groups in total. The molecule has 28 heavy (non-hydrogen) atoms. The summed E-state index contributed by atoms with van der Waals surface area (Å²) in [5, 5.41) is 38.6. The molecule has 0 aliphatic heterocycles. The van der Waals surface area contributed by atoms with Gasteiger partial charge in [-0.1, -0.05) is 13.0 Å². The molecule has 2 aliphatic rings. The summed E-state index contributed by atoms with van der Waals surface area (Å²) in [4.78, 5) is 0. The standard InChI is InChI=1S/C22H22N4O2/c1-13-4-6-15-16(8-13)20(17-9-14(27-2)5-7-19(17)28-3)22(11-24,12-25)21(26)18(15)10-23/h5-7,9,13,16,18,20,26H,4,8H2,1-3H3/t13-,16+,18?,20+/m1/s1. The van der Waals surface area contributed by atoms with Gasteiger partial charge in [0.1, 0.15) is 17.4 Å². The molecule has 0 heterocycles. The molecule has 0 spiro atoms. The van der Waals surface area contributed by atoms with Gasteiger partial charge < -0.3 is 14.9 Å². The number of methoxy groups -OCH3 is 2. The van der Waals surface area contributed by atoms with Crippen molar-refractivity contribution in [3.05, 3.63) is 35.4 Å². The fraction of sp³-hybridized carbons (Fsp3) is 0.455. The first-order valence-corrected chi connectivity index (χ1v) is 9.20. The Morgan fingerprint density at radius 3 is 2.43 bits per heavy atom. The number of ether oxygens (including phenoxy) is 2. The number of rotatable bonds is 3. The van der Waals surface area contributed by atoms with E-state index in [0.717, 1.165) is 18.4 Å². The van der Waals surface area contributed by atoms with Crippen LogP contribution < -0.4 is 9.47 Å². The van der Waals surface area contributed by atoms with Gasteiger partial charge in [-0.05, 0) is 48.4 Å². The monoisotopic (exact) mass is 374 g/mol. The smallest absolute Gasteiger partial charge is 0.189 e. The lowest BCUT2D eigenvalue weighted by Crippen LogP contribution is -2.49. The molecule has 1 aromatic carbocycles. The van der Waals surface area contributed by atoms with Crippen molar-refractivity contribution in [2.75, 3.05) is 14.2 Å². The molecule has 2 aliphatic carbocycles. The van der Waals surface area contributed by atoms with Crippen LogP contribution in [0.25, 0.3) is 0 Å². The first kappa shape index (κ1) is 19.5. The predicted molar refractivity (Wildman–Crippen MR) is 103 cm³/mol. The Balaban J connectivity index is 2.33. The highest BCUT2D eigenvalue weighted by atomic mass is 16.5. The van der Waals surface area contributed by atoms with Crippen LogP contribution in [0.2, 0.25) is 0 Å². The third kappa shape index (κ3) is 2.72. The lowest BCUT2D eigenvalue weighted by atomic mass is 9.52. The molecule has 4 atom stereocenters. The molecule has 0 radical (unpaired) electrons. The van der Waals surface area contributed by atoms with Crippen molar-refractivity contribution in [1.29, 1.82) is 21.2 Å². The lowest BCUT2D eigenvalue weighted by Gasteiger charge is -2.47. The number of hydrogen-bond acceptors (Lipinski definition) is 6. The molecule has 0 aromatic heterocycles. The van der Waals surface area contributed by atoms with Crippen LogP contribution in [-0.4, -0.2) is 19.9 Å². The van der Waals surface area contributed by atoms with Crippen LogP contribution in [0.5, 0.6) is 11.5 Å². The number of nitriles is 3. The highest BCUT2D eigenvalue weighted by Gasteiger charge is 2.58. The van der Waals surface area contributed by atoms with E-state index < -0.39 is 17.3 Å². The van der Waals surface area contributed by atoms with Crippen molar-refractivity contribution in [1.82, 2.24) is 0 Å². The SMILES string of the molecule is COc1ccc(OC)c([C@@H]2[C@H]3C[C@H](C)CC=C3C(C#N)C(=N)C2(C#N)C#N)c1. The van der Waals surface area contributed by atoms with Gasteiger partial charge in [0.05, 0.1) is 38.1 Å². The third-order valence-electron chi connectivity index (χ3n) is 6.01. The van der Waals surface area contributed by atoms with Crippen molar-refractivity contribution >= 4 is 5.71 Å². The average molecular weight is 374 g/mol. The van der Waals surface area contributed by atoms with E-state index in [2.05, 4.69) is 25.1 Å². The van der Waals surface area contributed by atoms with E-state index in [4.69, 9.17) is 14.9 Å². The minimum atomic E-state index is -1.74. The Morgan fingerprint density at radius 2 is 1.86 bits per heavy atom. The predicted octanol–water partition coefficient (Wildman–Crippen LogP) is 3.97. The molecular weight excluding hydrogens is 352 g/mol. The van der Waals surface area contributed by atoms with E-state index in [1.165, 1.54) is 7.11 Å². The van der Waals surface area contributed by atoms with Crippen LogP contribution >= 0.6 is 0 Å². The summed E-state index contributed by atoms with van der Waals surface area (Å²) in [6.45, 7) is 2.12. The molecule has 1 aromatic rings. The first-order valence-electron chi connectivity index (χ1n) is 9.20. The van der Waals surface area contributed by atoms with Crippen molar-refractivity contribution in [2.24, 2.45) is 23.2 Å². The zero-order valence-corrected chi connectivity index (χ0v) is 16.2. The van der Waals surface area contributed by atoms with Gasteiger partial charge in [0.15, 0.2) is 5.41 Å². The molecule has 3 rings (SSSR count). The summed E-state index contributed by atoms with van der Waals surface area (Å²) in [7, 11) is 3.09. The van der Waals surface area contributed by atoms with Gasteiger partial charge in [-0.2, -0.15) is 15.8 Å². The van der Waals surface area contributed by atoms with Gasteiger partial charge in [0.2, 0.25) is 0 Å². The van der Waals surface area contributed by atoms with Crippen molar-refractivity contribution in [3.8, 4) is 29.7 Å². The zero-order valence-electron chi connectivity index (χ0n) is 16.2. The summed E-state index contributed by atoms with van der Waals surface area (Å²) in [6.07, 6.45) is 3.60. The van der Waals surface area contributed by atoms with Crippen LogP contribution in [-0.2, 0) is 0 Å². The summed E-state index contributed by atoms with van der Waals surface area (Å²) < 4.78 is 10.9. The Hall–Kier alpha value is -3.30. The maximum Gasteiger partial charge on any atom is 0.189 e. The second kappa shape index (κ2) is 7.37. The fourth-order valence-corrected chi connectivity index (χ4v) is 4.63. The van der Waals surface area contributed by atoms with E-state index in [-0.39, 0.29) is 11.6 Å². The summed E-state index contributed by atoms with van der Waals surface area (Å²) in [5.74, 6) is -0.161. The molecule has 6 heteroatoms. The molecular formula is C22H22N4O2. The van der Waals surface area contributed by atoms with Gasteiger partial charge in [-0.3, -0.25) is 0 Å². The normalized spacial score (nSPS) is 28.0. The summed E-state index contributed by atoms with van der Waals surface area (Å²) in [6, 6.07) is 11.7. The largest absolute Gasteiger partial charge is 0.497 e.